The Morgan fingerprint density at radius 2 is 1.23 bits per heavy atom. The van der Waals surface area contributed by atoms with Crippen molar-refractivity contribution in [2.75, 3.05) is 6.61 Å². The molecule has 3 aromatic rings. The van der Waals surface area contributed by atoms with Crippen LogP contribution in [0.2, 0.25) is 0 Å². The van der Waals surface area contributed by atoms with Gasteiger partial charge in [-0.05, 0) is 132 Å². The second-order valence-corrected chi connectivity index (χ2v) is 13.0. The van der Waals surface area contributed by atoms with Gasteiger partial charge in [0.15, 0.2) is 0 Å². The number of aryl methyl sites for hydroxylation is 2. The highest BCUT2D eigenvalue weighted by molar-refractivity contribution is 5.64. The highest BCUT2D eigenvalue weighted by atomic mass is 16.5. The number of rotatable bonds is 12. The molecule has 0 N–H and O–H groups in total. The van der Waals surface area contributed by atoms with Gasteiger partial charge in [-0.3, -0.25) is 0 Å². The molecule has 0 saturated carbocycles. The second-order valence-electron chi connectivity index (χ2n) is 13.0. The van der Waals surface area contributed by atoms with Crippen molar-refractivity contribution in [3.8, 4) is 16.9 Å². The van der Waals surface area contributed by atoms with E-state index >= 15 is 0 Å². The number of hydrogen-bond donors (Lipinski definition) is 0. The molecule has 2 heteroatoms. The van der Waals surface area contributed by atoms with E-state index in [4.69, 9.17) is 4.74 Å². The van der Waals surface area contributed by atoms with Crippen LogP contribution in [0.3, 0.4) is 0 Å². The molecule has 214 valence electrons. The molecule has 40 heavy (non-hydrogen) atoms. The van der Waals surface area contributed by atoms with E-state index in [1.165, 1.54) is 59.9 Å². The maximum absolute atomic E-state index is 5.78. The number of piperidine rings is 1. The third-order valence-corrected chi connectivity index (χ3v) is 8.63. The van der Waals surface area contributed by atoms with Gasteiger partial charge < -0.3 is 9.64 Å². The van der Waals surface area contributed by atoms with Crippen LogP contribution < -0.4 is 4.74 Å². The van der Waals surface area contributed by atoms with Crippen LogP contribution in [-0.2, 0) is 12.8 Å². The predicted molar refractivity (Wildman–Crippen MR) is 172 cm³/mol. The molecule has 1 fully saturated rings. The van der Waals surface area contributed by atoms with Crippen LogP contribution in [0.5, 0.6) is 5.75 Å². The van der Waals surface area contributed by atoms with Crippen molar-refractivity contribution in [2.24, 2.45) is 0 Å². The molecule has 0 bridgehead atoms. The SMILES string of the molecule is C/C=C/N1C(C)(C)CC(c2ccc(-c3ccc(CCCCc4ccc(OCCCC)cc4)cc3)cc2)CC1(C)C. The minimum atomic E-state index is 0.140. The fraction of sp³-hybridized carbons (Fsp3) is 0.474. The molecule has 3 aromatic carbocycles. The summed E-state index contributed by atoms with van der Waals surface area (Å²) in [5.74, 6) is 1.57. The summed E-state index contributed by atoms with van der Waals surface area (Å²) in [5, 5.41) is 0. The van der Waals surface area contributed by atoms with Crippen molar-refractivity contribution in [2.45, 2.75) is 110 Å². The topological polar surface area (TPSA) is 12.5 Å². The van der Waals surface area contributed by atoms with Gasteiger partial charge in [0, 0.05) is 11.1 Å². The summed E-state index contributed by atoms with van der Waals surface area (Å²) in [7, 11) is 0. The van der Waals surface area contributed by atoms with Crippen LogP contribution in [0.25, 0.3) is 11.1 Å². The van der Waals surface area contributed by atoms with Crippen molar-refractivity contribution in [1.82, 2.24) is 4.90 Å². The minimum Gasteiger partial charge on any atom is -0.494 e. The summed E-state index contributed by atoms with van der Waals surface area (Å²) >= 11 is 0. The van der Waals surface area contributed by atoms with E-state index in [0.29, 0.717) is 5.92 Å². The Balaban J connectivity index is 1.27. The first kappa shape index (κ1) is 30.0. The summed E-state index contributed by atoms with van der Waals surface area (Å²) in [6.45, 7) is 14.7. The van der Waals surface area contributed by atoms with Gasteiger partial charge >= 0.3 is 0 Å². The van der Waals surface area contributed by atoms with Gasteiger partial charge in [0.1, 0.15) is 5.75 Å². The molecular weight excluding hydrogens is 486 g/mol. The fourth-order valence-electron chi connectivity index (χ4n) is 6.64. The third kappa shape index (κ3) is 7.80. The van der Waals surface area contributed by atoms with Crippen LogP contribution in [0.4, 0.5) is 0 Å². The smallest absolute Gasteiger partial charge is 0.119 e. The standard InChI is InChI=1S/C38H51NO/c1-7-9-27-40-36-24-16-31(17-25-36)13-11-10-12-30-14-18-32(19-15-30)33-20-22-34(23-21-33)35-28-37(3,4)39(26-8-2)38(5,6)29-35/h8,14-26,35H,7,9-13,27-29H2,1-6H3/b26-8+. The van der Waals surface area contributed by atoms with Gasteiger partial charge in [0.05, 0.1) is 6.61 Å². The number of unbranched alkanes of at least 4 members (excludes halogenated alkanes) is 2. The van der Waals surface area contributed by atoms with Crippen LogP contribution >= 0.6 is 0 Å². The summed E-state index contributed by atoms with van der Waals surface area (Å²) in [6, 6.07) is 27.3. The molecule has 0 atom stereocenters. The van der Waals surface area contributed by atoms with E-state index in [-0.39, 0.29) is 11.1 Å². The number of benzene rings is 3. The van der Waals surface area contributed by atoms with Gasteiger partial charge in [-0.2, -0.15) is 0 Å². The lowest BCUT2D eigenvalue weighted by Crippen LogP contribution is -2.57. The van der Waals surface area contributed by atoms with Crippen LogP contribution in [0.15, 0.2) is 85.1 Å². The van der Waals surface area contributed by atoms with Crippen molar-refractivity contribution in [3.05, 3.63) is 102 Å². The number of likely N-dealkylation sites (tertiary alicyclic amines) is 1. The molecule has 1 heterocycles. The zero-order valence-electron chi connectivity index (χ0n) is 25.9. The average Bonchev–Trinajstić information content (AvgIpc) is 2.94. The quantitative estimate of drug-likeness (QED) is 0.213. The molecule has 2 nitrogen and oxygen atoms in total. The average molecular weight is 538 g/mol. The van der Waals surface area contributed by atoms with Gasteiger partial charge in [-0.1, -0.05) is 80.1 Å². The Labute approximate surface area is 244 Å². The van der Waals surface area contributed by atoms with Crippen LogP contribution in [0, 0.1) is 0 Å². The third-order valence-electron chi connectivity index (χ3n) is 8.63. The minimum absolute atomic E-state index is 0.140. The Hall–Kier alpha value is -3.00. The van der Waals surface area contributed by atoms with Gasteiger partial charge in [0.2, 0.25) is 0 Å². The van der Waals surface area contributed by atoms with E-state index in [1.54, 1.807) is 0 Å². The highest BCUT2D eigenvalue weighted by Gasteiger charge is 2.43. The summed E-state index contributed by atoms with van der Waals surface area (Å²) in [5.41, 5.74) is 7.19. The number of hydrogen-bond acceptors (Lipinski definition) is 2. The maximum Gasteiger partial charge on any atom is 0.119 e. The molecule has 1 aliphatic heterocycles. The molecule has 0 aromatic heterocycles. The predicted octanol–water partition coefficient (Wildman–Crippen LogP) is 10.4. The molecule has 0 spiro atoms. The zero-order chi connectivity index (χ0) is 28.6. The normalized spacial score (nSPS) is 16.9. The Morgan fingerprint density at radius 3 is 1.73 bits per heavy atom. The molecule has 1 aliphatic rings. The Kier molecular flexibility index (Phi) is 10.2. The van der Waals surface area contributed by atoms with Gasteiger partial charge in [0.25, 0.3) is 0 Å². The highest BCUT2D eigenvalue weighted by Crippen LogP contribution is 2.46. The monoisotopic (exact) mass is 537 g/mol. The lowest BCUT2D eigenvalue weighted by molar-refractivity contribution is 0.00727. The first-order valence-corrected chi connectivity index (χ1v) is 15.5. The van der Waals surface area contributed by atoms with E-state index < -0.39 is 0 Å². The van der Waals surface area contributed by atoms with E-state index in [9.17, 15) is 0 Å². The summed E-state index contributed by atoms with van der Waals surface area (Å²) in [4.78, 5) is 2.56. The molecule has 0 amide bonds. The van der Waals surface area contributed by atoms with Crippen molar-refractivity contribution in [3.63, 3.8) is 0 Å². The second kappa shape index (κ2) is 13.6. The number of nitrogens with zero attached hydrogens (tertiary/aromatic N) is 1. The van der Waals surface area contributed by atoms with Crippen molar-refractivity contribution >= 4 is 0 Å². The Morgan fingerprint density at radius 1 is 0.725 bits per heavy atom. The molecule has 0 aliphatic carbocycles. The lowest BCUT2D eigenvalue weighted by atomic mass is 9.71. The summed E-state index contributed by atoms with van der Waals surface area (Å²) in [6.07, 6.45) is 13.8. The lowest BCUT2D eigenvalue weighted by Gasteiger charge is -2.55. The zero-order valence-corrected chi connectivity index (χ0v) is 25.9. The van der Waals surface area contributed by atoms with Crippen molar-refractivity contribution < 1.29 is 4.74 Å². The fourth-order valence-corrected chi connectivity index (χ4v) is 6.64. The Bertz CT molecular complexity index is 1180. The molecule has 4 rings (SSSR count). The number of allylic oxidation sites excluding steroid dienone is 1. The van der Waals surface area contributed by atoms with Gasteiger partial charge in [-0.15, -0.1) is 0 Å². The van der Waals surface area contributed by atoms with Crippen LogP contribution in [-0.4, -0.2) is 22.6 Å². The first-order chi connectivity index (χ1) is 19.2. The maximum atomic E-state index is 5.78. The summed E-state index contributed by atoms with van der Waals surface area (Å²) < 4.78 is 5.78. The molecular formula is C38H51NO. The largest absolute Gasteiger partial charge is 0.494 e. The molecule has 0 unspecified atom stereocenters. The van der Waals surface area contributed by atoms with Crippen molar-refractivity contribution in [1.29, 1.82) is 0 Å². The van der Waals surface area contributed by atoms with Crippen LogP contribution in [0.1, 0.15) is 103 Å². The number of ether oxygens (including phenoxy) is 1. The molecule has 1 saturated heterocycles. The van der Waals surface area contributed by atoms with E-state index in [2.05, 4.69) is 132 Å². The van der Waals surface area contributed by atoms with Gasteiger partial charge in [-0.25, -0.2) is 0 Å². The first-order valence-electron chi connectivity index (χ1n) is 15.5. The molecule has 0 radical (unpaired) electrons. The van der Waals surface area contributed by atoms with E-state index in [0.717, 1.165) is 31.6 Å². The van der Waals surface area contributed by atoms with E-state index in [1.807, 2.05) is 0 Å².